The highest BCUT2D eigenvalue weighted by Gasteiger charge is 2.35. The van der Waals surface area contributed by atoms with Gasteiger partial charge in [-0.15, -0.1) is 0 Å². The van der Waals surface area contributed by atoms with Gasteiger partial charge in [-0.25, -0.2) is 12.8 Å². The van der Waals surface area contributed by atoms with Crippen LogP contribution >= 0.6 is 22.3 Å². The monoisotopic (exact) mass is 326 g/mol. The van der Waals surface area contributed by atoms with E-state index in [1.165, 1.54) is 12.1 Å². The Hall–Kier alpha value is -0.360. The van der Waals surface area contributed by atoms with Crippen LogP contribution in [0.2, 0.25) is 5.02 Å². The molecule has 0 saturated carbocycles. The van der Waals surface area contributed by atoms with E-state index in [1.54, 1.807) is 6.07 Å². The van der Waals surface area contributed by atoms with E-state index in [1.807, 2.05) is 0 Å². The van der Waals surface area contributed by atoms with Crippen LogP contribution in [0.1, 0.15) is 12.0 Å². The van der Waals surface area contributed by atoms with Crippen molar-refractivity contribution in [2.24, 2.45) is 5.92 Å². The Kier molecular flexibility index (Phi) is 4.71. The van der Waals surface area contributed by atoms with Crippen LogP contribution in [-0.4, -0.2) is 26.9 Å². The minimum absolute atomic E-state index is 0.197. The van der Waals surface area contributed by atoms with Gasteiger partial charge in [-0.2, -0.15) is 0 Å². The van der Waals surface area contributed by atoms with Gasteiger partial charge >= 0.3 is 0 Å². The van der Waals surface area contributed by atoms with Crippen LogP contribution in [0.4, 0.5) is 4.39 Å². The highest BCUT2D eigenvalue weighted by atomic mass is 35.7. The summed E-state index contributed by atoms with van der Waals surface area (Å²) in [5, 5.41) is -0.435. The first-order valence-electron chi connectivity index (χ1n) is 5.83. The van der Waals surface area contributed by atoms with E-state index in [-0.39, 0.29) is 24.0 Å². The van der Waals surface area contributed by atoms with Crippen molar-refractivity contribution in [2.45, 2.75) is 18.1 Å². The molecule has 0 spiro atoms. The normalized spacial score (nSPS) is 24.4. The number of halogens is 3. The molecule has 7 heteroatoms. The van der Waals surface area contributed by atoms with E-state index in [2.05, 4.69) is 0 Å². The van der Waals surface area contributed by atoms with Gasteiger partial charge in [-0.1, -0.05) is 17.7 Å². The molecule has 0 N–H and O–H groups in total. The number of hydrogen-bond acceptors (Lipinski definition) is 3. The average Bonchev–Trinajstić information content (AvgIpc) is 2.33. The first kappa shape index (κ1) is 15.0. The summed E-state index contributed by atoms with van der Waals surface area (Å²) in [6.07, 6.45) is 0.519. The van der Waals surface area contributed by atoms with E-state index in [9.17, 15) is 12.8 Å². The Morgan fingerprint density at radius 1 is 1.42 bits per heavy atom. The molecule has 0 unspecified atom stereocenters. The molecule has 3 nitrogen and oxygen atoms in total. The Labute approximate surface area is 121 Å². The molecule has 19 heavy (non-hydrogen) atoms. The van der Waals surface area contributed by atoms with Crippen molar-refractivity contribution in [2.75, 3.05) is 13.2 Å². The zero-order valence-electron chi connectivity index (χ0n) is 9.98. The quantitative estimate of drug-likeness (QED) is 0.802. The molecule has 0 radical (unpaired) electrons. The zero-order chi connectivity index (χ0) is 14.0. The van der Waals surface area contributed by atoms with E-state index >= 15 is 0 Å². The maximum absolute atomic E-state index is 13.7. The minimum atomic E-state index is -3.69. The predicted molar refractivity (Wildman–Crippen MR) is 72.6 cm³/mol. The summed E-state index contributed by atoms with van der Waals surface area (Å²) in [6, 6.07) is 4.39. The molecule has 1 aliphatic heterocycles. The highest BCUT2D eigenvalue weighted by Crippen LogP contribution is 2.30. The molecular formula is C12H13Cl2FO3S. The van der Waals surface area contributed by atoms with Crippen molar-refractivity contribution in [1.29, 1.82) is 0 Å². The molecule has 1 fully saturated rings. The van der Waals surface area contributed by atoms with Gasteiger partial charge in [-0.05, 0) is 25.0 Å². The summed E-state index contributed by atoms with van der Waals surface area (Å²) >= 11 is 5.95. The lowest BCUT2D eigenvalue weighted by Crippen LogP contribution is -2.37. The molecule has 1 saturated heterocycles. The van der Waals surface area contributed by atoms with Crippen molar-refractivity contribution >= 4 is 31.3 Å². The summed E-state index contributed by atoms with van der Waals surface area (Å²) < 4.78 is 42.1. The van der Waals surface area contributed by atoms with E-state index in [4.69, 9.17) is 27.0 Å². The average molecular weight is 327 g/mol. The highest BCUT2D eigenvalue weighted by molar-refractivity contribution is 8.14. The Morgan fingerprint density at radius 3 is 2.79 bits per heavy atom. The standard InChI is InChI=1S/C12H13Cl2FO3S/c13-10-2-1-3-11(15)9(10)6-8-7-18-5-4-12(8)19(14,16)17/h1-3,8,12H,4-7H2/t8-,12-/m0/s1. The van der Waals surface area contributed by atoms with Crippen molar-refractivity contribution in [1.82, 2.24) is 0 Å². The molecule has 0 amide bonds. The lowest BCUT2D eigenvalue weighted by molar-refractivity contribution is 0.0574. The van der Waals surface area contributed by atoms with E-state index in [0.717, 1.165) is 0 Å². The molecule has 0 aliphatic carbocycles. The summed E-state index contributed by atoms with van der Waals surface area (Å²) in [6.45, 7) is 0.583. The molecule has 0 aromatic heterocycles. The fourth-order valence-corrected chi connectivity index (χ4v) is 4.28. The Balaban J connectivity index is 2.25. The van der Waals surface area contributed by atoms with Crippen molar-refractivity contribution in [3.05, 3.63) is 34.6 Å². The molecule has 1 aromatic rings. The maximum Gasteiger partial charge on any atom is 0.235 e. The van der Waals surface area contributed by atoms with Crippen LogP contribution in [-0.2, 0) is 20.2 Å². The molecule has 2 rings (SSSR count). The smallest absolute Gasteiger partial charge is 0.235 e. The van der Waals surface area contributed by atoms with Gasteiger partial charge < -0.3 is 4.74 Å². The number of benzene rings is 1. The van der Waals surface area contributed by atoms with Crippen molar-refractivity contribution in [3.8, 4) is 0 Å². The predicted octanol–water partition coefficient (Wildman–Crippen LogP) is 3.00. The fraction of sp³-hybridized carbons (Fsp3) is 0.500. The topological polar surface area (TPSA) is 43.4 Å². The van der Waals surface area contributed by atoms with Gasteiger partial charge in [0.2, 0.25) is 9.05 Å². The lowest BCUT2D eigenvalue weighted by Gasteiger charge is -2.29. The van der Waals surface area contributed by atoms with Crippen molar-refractivity contribution < 1.29 is 17.5 Å². The molecular weight excluding hydrogens is 314 g/mol. The largest absolute Gasteiger partial charge is 0.381 e. The molecule has 106 valence electrons. The summed E-state index contributed by atoms with van der Waals surface area (Å²) in [5.74, 6) is -0.825. The first-order valence-corrected chi connectivity index (χ1v) is 8.58. The molecule has 1 aliphatic rings. The Morgan fingerprint density at radius 2 is 2.16 bits per heavy atom. The van der Waals surface area contributed by atoms with Crippen LogP contribution in [0.5, 0.6) is 0 Å². The van der Waals surface area contributed by atoms with Gasteiger partial charge in [0.05, 0.1) is 11.9 Å². The summed E-state index contributed by atoms with van der Waals surface area (Å²) in [5.41, 5.74) is 0.310. The number of ether oxygens (including phenoxy) is 1. The molecule has 0 bridgehead atoms. The Bertz CT molecular complexity index is 542. The third-order valence-electron chi connectivity index (χ3n) is 3.29. The van der Waals surface area contributed by atoms with Gasteiger partial charge in [0.25, 0.3) is 0 Å². The number of rotatable bonds is 3. The first-order chi connectivity index (χ1) is 8.89. The molecule has 2 atom stereocenters. The van der Waals surface area contributed by atoms with Gasteiger partial charge in [0.15, 0.2) is 0 Å². The second-order valence-corrected chi connectivity index (χ2v) is 7.80. The van der Waals surface area contributed by atoms with E-state index in [0.29, 0.717) is 18.6 Å². The second kappa shape index (κ2) is 5.95. The van der Waals surface area contributed by atoms with Crippen LogP contribution < -0.4 is 0 Å². The summed E-state index contributed by atoms with van der Waals surface area (Å²) in [7, 11) is 1.75. The SMILES string of the molecule is O=S(=O)(Cl)[C@H]1CCOC[C@@H]1Cc1c(F)cccc1Cl. The summed E-state index contributed by atoms with van der Waals surface area (Å²) in [4.78, 5) is 0. The molecule has 1 heterocycles. The second-order valence-electron chi connectivity index (χ2n) is 4.54. The van der Waals surface area contributed by atoms with Crippen LogP contribution in [0.3, 0.4) is 0 Å². The van der Waals surface area contributed by atoms with Gasteiger partial charge in [0.1, 0.15) is 5.82 Å². The number of hydrogen-bond donors (Lipinski definition) is 0. The van der Waals surface area contributed by atoms with Crippen LogP contribution in [0.15, 0.2) is 18.2 Å². The van der Waals surface area contributed by atoms with E-state index < -0.39 is 20.1 Å². The van der Waals surface area contributed by atoms with Crippen LogP contribution in [0, 0.1) is 11.7 Å². The fourth-order valence-electron chi connectivity index (χ4n) is 2.33. The van der Waals surface area contributed by atoms with Crippen LogP contribution in [0.25, 0.3) is 0 Å². The lowest BCUT2D eigenvalue weighted by atomic mass is 9.93. The third kappa shape index (κ3) is 3.60. The van der Waals surface area contributed by atoms with Gasteiger partial charge in [-0.3, -0.25) is 0 Å². The van der Waals surface area contributed by atoms with Gasteiger partial charge in [0, 0.05) is 33.8 Å². The zero-order valence-corrected chi connectivity index (χ0v) is 12.3. The maximum atomic E-state index is 13.7. The molecule has 1 aromatic carbocycles. The minimum Gasteiger partial charge on any atom is -0.381 e. The third-order valence-corrected chi connectivity index (χ3v) is 5.68. The van der Waals surface area contributed by atoms with Crippen molar-refractivity contribution in [3.63, 3.8) is 0 Å².